The second kappa shape index (κ2) is 5.26. The van der Waals surface area contributed by atoms with Crippen molar-refractivity contribution in [2.75, 3.05) is 0 Å². The zero-order valence-corrected chi connectivity index (χ0v) is 13.7. The van der Waals surface area contributed by atoms with Gasteiger partial charge in [0.2, 0.25) is 5.91 Å². The van der Waals surface area contributed by atoms with E-state index in [1.165, 1.54) is 4.68 Å². The number of nitrogens with zero attached hydrogens (tertiary/aromatic N) is 3. The normalized spacial score (nSPS) is 12.2. The van der Waals surface area contributed by atoms with Crippen LogP contribution >= 0.6 is 0 Å². The van der Waals surface area contributed by atoms with Gasteiger partial charge in [-0.3, -0.25) is 14.0 Å². The van der Waals surface area contributed by atoms with Crippen LogP contribution in [-0.4, -0.2) is 25.6 Å². The SMILES string of the molecule is CCc1nn(CC(=O)NC(C)(C)C)c(=O)c2cc3occc3n12. The molecule has 7 heteroatoms. The van der Waals surface area contributed by atoms with Gasteiger partial charge in [0, 0.05) is 24.1 Å². The molecule has 0 saturated carbocycles. The van der Waals surface area contributed by atoms with E-state index in [1.807, 2.05) is 27.7 Å². The Morgan fingerprint density at radius 3 is 2.74 bits per heavy atom. The van der Waals surface area contributed by atoms with Crippen molar-refractivity contribution in [2.45, 2.75) is 46.2 Å². The third-order valence-electron chi connectivity index (χ3n) is 3.49. The number of rotatable bonds is 3. The summed E-state index contributed by atoms with van der Waals surface area (Å²) in [7, 11) is 0. The van der Waals surface area contributed by atoms with Crippen molar-refractivity contribution in [3.8, 4) is 0 Å². The fourth-order valence-electron chi connectivity index (χ4n) is 2.65. The maximum absolute atomic E-state index is 12.6. The first-order valence-electron chi connectivity index (χ1n) is 7.60. The van der Waals surface area contributed by atoms with Crippen molar-refractivity contribution >= 4 is 22.5 Å². The highest BCUT2D eigenvalue weighted by molar-refractivity contribution is 5.82. The Hall–Kier alpha value is -2.57. The number of nitrogens with one attached hydrogen (secondary N) is 1. The summed E-state index contributed by atoms with van der Waals surface area (Å²) in [4.78, 5) is 24.7. The average molecular weight is 316 g/mol. The van der Waals surface area contributed by atoms with Crippen molar-refractivity contribution in [2.24, 2.45) is 0 Å². The number of fused-ring (bicyclic) bond motifs is 3. The summed E-state index contributed by atoms with van der Waals surface area (Å²) < 4.78 is 8.38. The Bertz CT molecular complexity index is 940. The number of furan rings is 1. The van der Waals surface area contributed by atoms with E-state index in [9.17, 15) is 9.59 Å². The van der Waals surface area contributed by atoms with Crippen LogP contribution < -0.4 is 10.9 Å². The monoisotopic (exact) mass is 316 g/mol. The predicted octanol–water partition coefficient (Wildman–Crippen LogP) is 1.72. The molecule has 0 bridgehead atoms. The minimum absolute atomic E-state index is 0.105. The molecule has 3 aromatic rings. The number of carbonyl (C=O) groups is 1. The molecule has 1 N–H and O–H groups in total. The molecule has 1 amide bonds. The fraction of sp³-hybridized carbons (Fsp3) is 0.438. The van der Waals surface area contributed by atoms with Crippen LogP contribution in [0.1, 0.15) is 33.5 Å². The molecule has 0 atom stereocenters. The summed E-state index contributed by atoms with van der Waals surface area (Å²) in [5.41, 5.74) is 1.25. The smallest absolute Gasteiger partial charge is 0.291 e. The van der Waals surface area contributed by atoms with Crippen LogP contribution in [0.4, 0.5) is 0 Å². The van der Waals surface area contributed by atoms with Crippen molar-refractivity contribution in [1.29, 1.82) is 0 Å². The Labute approximate surface area is 132 Å². The molecule has 0 spiro atoms. The molecule has 122 valence electrons. The molecule has 23 heavy (non-hydrogen) atoms. The number of carbonyl (C=O) groups excluding carboxylic acids is 1. The quantitative estimate of drug-likeness (QED) is 0.797. The molecule has 0 radical (unpaired) electrons. The fourth-order valence-corrected chi connectivity index (χ4v) is 2.65. The van der Waals surface area contributed by atoms with E-state index in [2.05, 4.69) is 10.4 Å². The summed E-state index contributed by atoms with van der Waals surface area (Å²) in [5, 5.41) is 7.19. The highest BCUT2D eigenvalue weighted by Crippen LogP contribution is 2.20. The predicted molar refractivity (Wildman–Crippen MR) is 86.5 cm³/mol. The van der Waals surface area contributed by atoms with Gasteiger partial charge >= 0.3 is 0 Å². The molecule has 0 aliphatic carbocycles. The highest BCUT2D eigenvalue weighted by atomic mass is 16.3. The van der Waals surface area contributed by atoms with Gasteiger partial charge in [0.25, 0.3) is 5.56 Å². The van der Waals surface area contributed by atoms with E-state index in [0.29, 0.717) is 23.3 Å². The van der Waals surface area contributed by atoms with E-state index in [4.69, 9.17) is 4.42 Å². The largest absolute Gasteiger partial charge is 0.463 e. The number of hydrogen-bond acceptors (Lipinski definition) is 4. The van der Waals surface area contributed by atoms with Crippen LogP contribution in [0, 0.1) is 0 Å². The van der Waals surface area contributed by atoms with Crippen LogP contribution in [0.25, 0.3) is 16.6 Å². The molecular weight excluding hydrogens is 296 g/mol. The Morgan fingerprint density at radius 1 is 1.35 bits per heavy atom. The summed E-state index contributed by atoms with van der Waals surface area (Å²) in [5.74, 6) is 0.466. The van der Waals surface area contributed by atoms with Crippen LogP contribution in [0.2, 0.25) is 0 Å². The highest BCUT2D eigenvalue weighted by Gasteiger charge is 2.18. The Morgan fingerprint density at radius 2 is 2.09 bits per heavy atom. The number of amides is 1. The second-order valence-electron chi connectivity index (χ2n) is 6.57. The molecule has 0 saturated heterocycles. The van der Waals surface area contributed by atoms with Gasteiger partial charge in [-0.1, -0.05) is 6.92 Å². The van der Waals surface area contributed by atoms with Crippen molar-refractivity contribution in [3.05, 3.63) is 34.6 Å². The first kappa shape index (κ1) is 15.3. The molecular formula is C16H20N4O3. The maximum Gasteiger partial charge on any atom is 0.291 e. The summed E-state index contributed by atoms with van der Waals surface area (Å²) in [6.45, 7) is 7.53. The summed E-state index contributed by atoms with van der Waals surface area (Å²) >= 11 is 0. The van der Waals surface area contributed by atoms with Crippen LogP contribution in [0.15, 0.2) is 27.6 Å². The van der Waals surface area contributed by atoms with Crippen molar-refractivity contribution in [1.82, 2.24) is 19.5 Å². The molecule has 0 fully saturated rings. The lowest BCUT2D eigenvalue weighted by molar-refractivity contribution is -0.123. The lowest BCUT2D eigenvalue weighted by atomic mass is 10.1. The Balaban J connectivity index is 2.10. The van der Waals surface area contributed by atoms with E-state index in [1.54, 1.807) is 22.8 Å². The zero-order valence-electron chi connectivity index (χ0n) is 13.7. The summed E-state index contributed by atoms with van der Waals surface area (Å²) in [6.07, 6.45) is 2.21. The van der Waals surface area contributed by atoms with Crippen LogP contribution in [0.3, 0.4) is 0 Å². The minimum Gasteiger partial charge on any atom is -0.463 e. The van der Waals surface area contributed by atoms with Gasteiger partial charge in [-0.25, -0.2) is 4.68 Å². The molecule has 3 rings (SSSR count). The number of aromatic nitrogens is 3. The first-order valence-corrected chi connectivity index (χ1v) is 7.60. The standard InChI is InChI=1S/C16H20N4O3/c1-5-13-18-19(9-14(21)17-16(2,3)4)15(22)11-8-12-10(20(11)13)6-7-23-12/h6-8H,5,9H2,1-4H3,(H,17,21). The Kier molecular flexibility index (Phi) is 3.50. The molecule has 0 unspecified atom stereocenters. The van der Waals surface area contributed by atoms with Gasteiger partial charge in [0.1, 0.15) is 17.9 Å². The third kappa shape index (κ3) is 2.74. The van der Waals surface area contributed by atoms with E-state index in [-0.39, 0.29) is 23.6 Å². The molecule has 0 aromatic carbocycles. The van der Waals surface area contributed by atoms with Gasteiger partial charge in [0.15, 0.2) is 5.58 Å². The van der Waals surface area contributed by atoms with E-state index >= 15 is 0 Å². The van der Waals surface area contributed by atoms with Crippen LogP contribution in [0.5, 0.6) is 0 Å². The van der Waals surface area contributed by atoms with Gasteiger partial charge in [-0.15, -0.1) is 0 Å². The zero-order chi connectivity index (χ0) is 16.8. The lowest BCUT2D eigenvalue weighted by Crippen LogP contribution is -2.44. The number of hydrogen-bond donors (Lipinski definition) is 1. The van der Waals surface area contributed by atoms with E-state index in [0.717, 1.165) is 5.52 Å². The van der Waals surface area contributed by atoms with Crippen LogP contribution in [-0.2, 0) is 17.8 Å². The van der Waals surface area contributed by atoms with Gasteiger partial charge < -0.3 is 9.73 Å². The molecule has 0 aliphatic rings. The number of aryl methyl sites for hydroxylation is 1. The maximum atomic E-state index is 12.6. The average Bonchev–Trinajstić information content (AvgIpc) is 3.00. The van der Waals surface area contributed by atoms with Gasteiger partial charge in [-0.2, -0.15) is 5.10 Å². The summed E-state index contributed by atoms with van der Waals surface area (Å²) in [6, 6.07) is 3.50. The third-order valence-corrected chi connectivity index (χ3v) is 3.49. The van der Waals surface area contributed by atoms with E-state index < -0.39 is 0 Å². The second-order valence-corrected chi connectivity index (χ2v) is 6.57. The van der Waals surface area contributed by atoms with Crippen molar-refractivity contribution < 1.29 is 9.21 Å². The molecule has 3 heterocycles. The molecule has 3 aromatic heterocycles. The molecule has 7 nitrogen and oxygen atoms in total. The minimum atomic E-state index is -0.354. The van der Waals surface area contributed by atoms with Gasteiger partial charge in [-0.05, 0) is 20.8 Å². The van der Waals surface area contributed by atoms with Crippen molar-refractivity contribution in [3.63, 3.8) is 0 Å². The molecule has 0 aliphatic heterocycles. The lowest BCUT2D eigenvalue weighted by Gasteiger charge is -2.20. The first-order chi connectivity index (χ1) is 10.8. The topological polar surface area (TPSA) is 81.5 Å². The van der Waals surface area contributed by atoms with Gasteiger partial charge in [0.05, 0.1) is 11.8 Å².